The van der Waals surface area contributed by atoms with E-state index in [0.717, 1.165) is 4.96 Å². The van der Waals surface area contributed by atoms with Crippen molar-refractivity contribution in [2.24, 2.45) is 0 Å². The fraction of sp³-hybridized carbons (Fsp3) is 0. The molecule has 3 heterocycles. The highest BCUT2D eigenvalue weighted by Crippen LogP contribution is 2.28. The van der Waals surface area contributed by atoms with Gasteiger partial charge in [0.05, 0.1) is 11.1 Å². The molecule has 0 bridgehead atoms. The Kier molecular flexibility index (Phi) is 3.51. The molecule has 0 spiro atoms. The maximum atomic E-state index is 12.5. The topological polar surface area (TPSA) is 118 Å². The minimum absolute atomic E-state index is 0.00129. The molecule has 0 aliphatic carbocycles. The summed E-state index contributed by atoms with van der Waals surface area (Å²) >= 11 is 1.37. The van der Waals surface area contributed by atoms with Gasteiger partial charge < -0.3 is 5.32 Å². The first kappa shape index (κ1) is 15.0. The number of aromatic nitrogens is 4. The third-order valence-electron chi connectivity index (χ3n) is 3.64. The number of hydrogen-bond donors (Lipinski definition) is 2. The number of imidazole rings is 1. The summed E-state index contributed by atoms with van der Waals surface area (Å²) in [4.78, 5) is 27.7. The number of aromatic amines is 1. The largest absolute Gasteiger partial charge is 0.305 e. The molecular weight excluding hydrogens is 344 g/mol. The van der Waals surface area contributed by atoms with Gasteiger partial charge in [0, 0.05) is 35.5 Å². The minimum Gasteiger partial charge on any atom is -0.305 e. The summed E-state index contributed by atoms with van der Waals surface area (Å²) < 4.78 is 1.70. The third kappa shape index (κ3) is 2.64. The molecule has 2 N–H and O–H groups in total. The molecule has 1 aromatic carbocycles. The maximum Gasteiger partial charge on any atom is 0.274 e. The number of anilines is 1. The van der Waals surface area contributed by atoms with E-state index in [1.807, 2.05) is 0 Å². The molecule has 0 aliphatic rings. The van der Waals surface area contributed by atoms with Crippen molar-refractivity contribution in [2.45, 2.75) is 0 Å². The van der Waals surface area contributed by atoms with Gasteiger partial charge in [-0.15, -0.1) is 11.3 Å². The lowest BCUT2D eigenvalue weighted by Crippen LogP contribution is -2.14. The predicted octanol–water partition coefficient (Wildman–Crippen LogP) is 2.95. The number of nitrogens with one attached hydrogen (secondary N) is 2. The number of hydrogen-bond acceptors (Lipinski definition) is 6. The third-order valence-corrected chi connectivity index (χ3v) is 4.50. The van der Waals surface area contributed by atoms with Crippen molar-refractivity contribution in [3.05, 3.63) is 64.0 Å². The second-order valence-electron chi connectivity index (χ2n) is 5.12. The highest BCUT2D eigenvalue weighted by molar-refractivity contribution is 7.15. The van der Waals surface area contributed by atoms with E-state index in [9.17, 15) is 14.9 Å². The van der Waals surface area contributed by atoms with Gasteiger partial charge in [-0.05, 0) is 17.7 Å². The van der Waals surface area contributed by atoms with E-state index in [2.05, 4.69) is 20.5 Å². The van der Waals surface area contributed by atoms with Gasteiger partial charge in [-0.3, -0.25) is 24.4 Å². The highest BCUT2D eigenvalue weighted by Gasteiger charge is 2.16. The summed E-state index contributed by atoms with van der Waals surface area (Å²) in [6.07, 6.45) is 4.89. The first-order valence-electron chi connectivity index (χ1n) is 7.13. The first-order valence-corrected chi connectivity index (χ1v) is 8.01. The Bertz CT molecular complexity index is 1080. The smallest absolute Gasteiger partial charge is 0.274 e. The average molecular weight is 354 g/mol. The van der Waals surface area contributed by atoms with Gasteiger partial charge in [-0.2, -0.15) is 5.10 Å². The fourth-order valence-electron chi connectivity index (χ4n) is 2.43. The van der Waals surface area contributed by atoms with Crippen LogP contribution in [-0.4, -0.2) is 30.4 Å². The molecule has 0 aliphatic heterocycles. The molecule has 25 heavy (non-hydrogen) atoms. The van der Waals surface area contributed by atoms with Gasteiger partial charge in [0.15, 0.2) is 4.96 Å². The predicted molar refractivity (Wildman–Crippen MR) is 91.7 cm³/mol. The molecule has 0 unspecified atom stereocenters. The van der Waals surface area contributed by atoms with Crippen molar-refractivity contribution in [3.8, 4) is 11.1 Å². The highest BCUT2D eigenvalue weighted by atomic mass is 32.1. The van der Waals surface area contributed by atoms with E-state index >= 15 is 0 Å². The number of nitro benzene ring substituents is 1. The van der Waals surface area contributed by atoms with E-state index in [-0.39, 0.29) is 11.6 Å². The number of non-ortho nitro benzene ring substituents is 1. The Morgan fingerprint density at radius 3 is 2.88 bits per heavy atom. The summed E-state index contributed by atoms with van der Waals surface area (Å²) in [5.41, 5.74) is 1.80. The summed E-state index contributed by atoms with van der Waals surface area (Å²) in [5, 5.41) is 21.9. The second-order valence-corrected chi connectivity index (χ2v) is 5.95. The van der Waals surface area contributed by atoms with Gasteiger partial charge in [0.25, 0.3) is 11.6 Å². The Morgan fingerprint density at radius 2 is 2.12 bits per heavy atom. The summed E-state index contributed by atoms with van der Waals surface area (Å²) in [6, 6.07) is 6.03. The van der Waals surface area contributed by atoms with Crippen LogP contribution in [0.5, 0.6) is 0 Å². The van der Waals surface area contributed by atoms with E-state index < -0.39 is 4.92 Å². The number of thiazole rings is 1. The lowest BCUT2D eigenvalue weighted by atomic mass is 10.1. The van der Waals surface area contributed by atoms with Crippen LogP contribution in [0, 0.1) is 10.1 Å². The van der Waals surface area contributed by atoms with Crippen molar-refractivity contribution in [3.63, 3.8) is 0 Å². The zero-order chi connectivity index (χ0) is 17.4. The SMILES string of the molecule is O=C(Nc1[nH]ncc1-c1ccc([N+](=O)[O-])cc1)c1csc2nccn12. The van der Waals surface area contributed by atoms with Crippen LogP contribution in [0.4, 0.5) is 11.5 Å². The van der Waals surface area contributed by atoms with Crippen LogP contribution in [0.2, 0.25) is 0 Å². The van der Waals surface area contributed by atoms with Gasteiger partial charge in [0.1, 0.15) is 11.5 Å². The maximum absolute atomic E-state index is 12.5. The molecule has 0 radical (unpaired) electrons. The zero-order valence-electron chi connectivity index (χ0n) is 12.5. The lowest BCUT2D eigenvalue weighted by Gasteiger charge is -2.05. The zero-order valence-corrected chi connectivity index (χ0v) is 13.4. The Labute approximate surface area is 144 Å². The summed E-state index contributed by atoms with van der Waals surface area (Å²) in [7, 11) is 0. The van der Waals surface area contributed by atoms with Crippen molar-refractivity contribution in [1.29, 1.82) is 0 Å². The number of carbonyl (C=O) groups excluding carboxylic acids is 1. The molecule has 0 saturated heterocycles. The van der Waals surface area contributed by atoms with Gasteiger partial charge in [-0.25, -0.2) is 4.98 Å². The van der Waals surface area contributed by atoms with Crippen molar-refractivity contribution in [2.75, 3.05) is 5.32 Å². The molecule has 3 aromatic heterocycles. The number of benzene rings is 1. The van der Waals surface area contributed by atoms with Crippen LogP contribution in [0.3, 0.4) is 0 Å². The summed E-state index contributed by atoms with van der Waals surface area (Å²) in [6.45, 7) is 0. The first-order chi connectivity index (χ1) is 12.1. The van der Waals surface area contributed by atoms with Crippen LogP contribution >= 0.6 is 11.3 Å². The number of nitro groups is 1. The van der Waals surface area contributed by atoms with E-state index in [0.29, 0.717) is 22.6 Å². The van der Waals surface area contributed by atoms with Crippen LogP contribution in [0.1, 0.15) is 10.5 Å². The molecular formula is C15H10N6O3S. The van der Waals surface area contributed by atoms with Gasteiger partial charge >= 0.3 is 0 Å². The number of amides is 1. The second kappa shape index (κ2) is 5.83. The molecule has 0 fully saturated rings. The molecule has 9 nitrogen and oxygen atoms in total. The molecule has 0 atom stereocenters. The van der Waals surface area contributed by atoms with Crippen LogP contribution < -0.4 is 5.32 Å². The molecule has 0 saturated carbocycles. The number of carbonyl (C=O) groups is 1. The van der Waals surface area contributed by atoms with Crippen LogP contribution in [0.15, 0.2) is 48.2 Å². The number of nitrogens with zero attached hydrogens (tertiary/aromatic N) is 4. The van der Waals surface area contributed by atoms with E-state index in [4.69, 9.17) is 0 Å². The standard InChI is InChI=1S/C15H10N6O3S/c22-14(12-8-25-15-16-5-6-20(12)15)18-13-11(7-17-19-13)9-1-3-10(4-2-9)21(23)24/h1-8H,(H2,17,18,19,22). The number of rotatable bonds is 4. The molecule has 1 amide bonds. The van der Waals surface area contributed by atoms with Crippen LogP contribution in [-0.2, 0) is 0 Å². The number of fused-ring (bicyclic) bond motifs is 1. The van der Waals surface area contributed by atoms with Crippen molar-refractivity contribution in [1.82, 2.24) is 19.6 Å². The Morgan fingerprint density at radius 1 is 1.32 bits per heavy atom. The lowest BCUT2D eigenvalue weighted by molar-refractivity contribution is -0.384. The van der Waals surface area contributed by atoms with Crippen LogP contribution in [0.25, 0.3) is 16.1 Å². The normalized spacial score (nSPS) is 10.9. The Balaban J connectivity index is 1.62. The van der Waals surface area contributed by atoms with Crippen molar-refractivity contribution < 1.29 is 9.72 Å². The van der Waals surface area contributed by atoms with E-state index in [1.165, 1.54) is 23.5 Å². The minimum atomic E-state index is -0.464. The summed E-state index contributed by atoms with van der Waals surface area (Å²) in [5.74, 6) is 0.106. The average Bonchev–Trinajstić information content (AvgIpc) is 3.31. The van der Waals surface area contributed by atoms with Gasteiger partial charge in [0.2, 0.25) is 0 Å². The molecule has 10 heteroatoms. The van der Waals surface area contributed by atoms with Crippen molar-refractivity contribution >= 4 is 33.7 Å². The quantitative estimate of drug-likeness (QED) is 0.431. The molecule has 4 aromatic rings. The fourth-order valence-corrected chi connectivity index (χ4v) is 3.26. The number of H-pyrrole nitrogens is 1. The Hall–Kier alpha value is -3.53. The molecule has 124 valence electrons. The van der Waals surface area contributed by atoms with E-state index in [1.54, 1.807) is 40.5 Å². The molecule has 4 rings (SSSR count). The van der Waals surface area contributed by atoms with Gasteiger partial charge in [-0.1, -0.05) is 0 Å². The monoisotopic (exact) mass is 354 g/mol.